The number of rotatable bonds is 2. The van der Waals surface area contributed by atoms with Crippen molar-refractivity contribution in [3.63, 3.8) is 0 Å². The van der Waals surface area contributed by atoms with Crippen molar-refractivity contribution >= 4 is 11.3 Å². The predicted octanol–water partition coefficient (Wildman–Crippen LogP) is 1.59. The number of aromatic nitrogens is 2. The van der Waals surface area contributed by atoms with Gasteiger partial charge in [0.1, 0.15) is 10.9 Å². The summed E-state index contributed by atoms with van der Waals surface area (Å²) >= 11 is 1.45. The lowest BCUT2D eigenvalue weighted by atomic mass is 10.2. The summed E-state index contributed by atoms with van der Waals surface area (Å²) in [6, 6.07) is 4.05. The average molecular weight is 289 g/mol. The van der Waals surface area contributed by atoms with Crippen LogP contribution >= 0.6 is 11.3 Å². The van der Waals surface area contributed by atoms with Gasteiger partial charge in [-0.2, -0.15) is 10.2 Å². The molecule has 0 spiro atoms. The van der Waals surface area contributed by atoms with E-state index in [-0.39, 0.29) is 6.04 Å². The molecule has 0 bridgehead atoms. The highest BCUT2D eigenvalue weighted by atomic mass is 32.1. The second-order valence-electron chi connectivity index (χ2n) is 4.99. The fourth-order valence-electron chi connectivity index (χ4n) is 2.31. The third-order valence-corrected chi connectivity index (χ3v) is 4.47. The van der Waals surface area contributed by atoms with Crippen molar-refractivity contribution < 1.29 is 4.52 Å². The molecule has 0 aliphatic carbocycles. The van der Waals surface area contributed by atoms with Crippen LogP contribution in [0.2, 0.25) is 0 Å². The first-order chi connectivity index (χ1) is 9.69. The molecule has 20 heavy (non-hydrogen) atoms. The highest BCUT2D eigenvalue weighted by Gasteiger charge is 2.28. The maximum absolute atomic E-state index is 9.05. The van der Waals surface area contributed by atoms with Crippen molar-refractivity contribution in [1.82, 2.24) is 19.9 Å². The molecule has 1 unspecified atom stereocenters. The summed E-state index contributed by atoms with van der Waals surface area (Å²) in [6.45, 7) is 2.90. The monoisotopic (exact) mass is 289 g/mol. The molecule has 1 atom stereocenters. The van der Waals surface area contributed by atoms with E-state index in [0.717, 1.165) is 24.5 Å². The molecule has 1 aliphatic heterocycles. The first kappa shape index (κ1) is 13.2. The molecule has 0 N–H and O–H groups in total. The molecular weight excluding hydrogens is 274 g/mol. The third kappa shape index (κ3) is 2.33. The second kappa shape index (κ2) is 5.32. The lowest BCUT2D eigenvalue weighted by Crippen LogP contribution is -2.45. The van der Waals surface area contributed by atoms with Crippen LogP contribution in [0.1, 0.15) is 17.4 Å². The molecule has 104 valence electrons. The van der Waals surface area contributed by atoms with E-state index in [0.29, 0.717) is 17.3 Å². The number of likely N-dealkylation sites (N-methyl/N-ethyl adjacent to an activating group) is 2. The predicted molar refractivity (Wildman–Crippen MR) is 75.2 cm³/mol. The zero-order valence-electron chi connectivity index (χ0n) is 11.4. The van der Waals surface area contributed by atoms with Gasteiger partial charge in [-0.1, -0.05) is 5.16 Å². The Hall–Kier alpha value is -1.75. The molecule has 0 amide bonds. The van der Waals surface area contributed by atoms with Crippen molar-refractivity contribution in [2.45, 2.75) is 6.04 Å². The van der Waals surface area contributed by atoms with Crippen LogP contribution in [0.15, 0.2) is 16.0 Å². The van der Waals surface area contributed by atoms with E-state index in [4.69, 9.17) is 9.78 Å². The maximum atomic E-state index is 9.05. The summed E-state index contributed by atoms with van der Waals surface area (Å²) in [5.41, 5.74) is 0.583. The van der Waals surface area contributed by atoms with Gasteiger partial charge in [-0.15, -0.1) is 11.3 Å². The van der Waals surface area contributed by atoms with Crippen LogP contribution in [0.3, 0.4) is 0 Å². The zero-order chi connectivity index (χ0) is 14.1. The molecule has 1 saturated heterocycles. The van der Waals surface area contributed by atoms with Crippen LogP contribution in [-0.4, -0.2) is 53.7 Å². The first-order valence-electron chi connectivity index (χ1n) is 6.39. The Bertz CT molecular complexity index is 643. The first-order valence-corrected chi connectivity index (χ1v) is 7.27. The largest absolute Gasteiger partial charge is 0.333 e. The van der Waals surface area contributed by atoms with Crippen molar-refractivity contribution in [2.24, 2.45) is 0 Å². The minimum atomic E-state index is 0.136. The number of nitriles is 1. The quantitative estimate of drug-likeness (QED) is 0.836. The molecule has 6 nitrogen and oxygen atoms in total. The molecule has 0 radical (unpaired) electrons. The van der Waals surface area contributed by atoms with E-state index in [1.807, 2.05) is 5.38 Å². The van der Waals surface area contributed by atoms with E-state index >= 15 is 0 Å². The molecule has 3 heterocycles. The van der Waals surface area contributed by atoms with E-state index in [1.165, 1.54) is 11.3 Å². The van der Waals surface area contributed by atoms with Gasteiger partial charge in [0.05, 0.1) is 11.6 Å². The van der Waals surface area contributed by atoms with Crippen LogP contribution < -0.4 is 0 Å². The van der Waals surface area contributed by atoms with Crippen molar-refractivity contribution in [3.05, 3.63) is 22.8 Å². The Kier molecular flexibility index (Phi) is 3.53. The number of nitrogens with zero attached hydrogens (tertiary/aromatic N) is 5. The Labute approximate surface area is 121 Å². The number of piperazine rings is 1. The number of thiophene rings is 1. The lowest BCUT2D eigenvalue weighted by molar-refractivity contribution is 0.108. The van der Waals surface area contributed by atoms with Gasteiger partial charge in [-0.25, -0.2) is 0 Å². The third-order valence-electron chi connectivity index (χ3n) is 3.57. The van der Waals surface area contributed by atoms with E-state index in [1.54, 1.807) is 6.07 Å². The van der Waals surface area contributed by atoms with Crippen LogP contribution in [0.4, 0.5) is 0 Å². The fraction of sp³-hybridized carbons (Fsp3) is 0.462. The topological polar surface area (TPSA) is 69.2 Å². The maximum Gasteiger partial charge on any atom is 0.269 e. The summed E-state index contributed by atoms with van der Waals surface area (Å²) in [5.74, 6) is 1.12. The second-order valence-corrected chi connectivity index (χ2v) is 5.91. The molecule has 0 aromatic carbocycles. The lowest BCUT2D eigenvalue weighted by Gasteiger charge is -2.35. The summed E-state index contributed by atoms with van der Waals surface area (Å²) < 4.78 is 5.34. The van der Waals surface area contributed by atoms with E-state index in [2.05, 4.69) is 40.1 Å². The van der Waals surface area contributed by atoms with Crippen LogP contribution in [-0.2, 0) is 0 Å². The standard InChI is InChI=1S/C13H15N5OS/c1-17-4-5-18(2)10(8-17)12-15-13(19-16-12)11-9(7-14)3-6-20-11/h3,6,10H,4-5,8H2,1-2H3. The van der Waals surface area contributed by atoms with Crippen molar-refractivity contribution in [1.29, 1.82) is 5.26 Å². The molecule has 2 aromatic rings. The number of hydrogen-bond donors (Lipinski definition) is 0. The molecule has 2 aromatic heterocycles. The van der Waals surface area contributed by atoms with Crippen LogP contribution in [0, 0.1) is 11.3 Å². The fourth-order valence-corrected chi connectivity index (χ4v) is 3.08. The summed E-state index contributed by atoms with van der Waals surface area (Å²) in [6.07, 6.45) is 0. The van der Waals surface area contributed by atoms with Gasteiger partial charge < -0.3 is 9.42 Å². The summed E-state index contributed by atoms with van der Waals surface area (Å²) in [5, 5.41) is 15.0. The smallest absolute Gasteiger partial charge is 0.269 e. The van der Waals surface area contributed by atoms with Gasteiger partial charge >= 0.3 is 0 Å². The van der Waals surface area contributed by atoms with Crippen molar-refractivity contribution in [2.75, 3.05) is 33.7 Å². The van der Waals surface area contributed by atoms with Crippen LogP contribution in [0.25, 0.3) is 10.8 Å². The van der Waals surface area contributed by atoms with Gasteiger partial charge in [-0.3, -0.25) is 4.90 Å². The van der Waals surface area contributed by atoms with Gasteiger partial charge in [0.2, 0.25) is 0 Å². The Morgan fingerprint density at radius 1 is 1.45 bits per heavy atom. The van der Waals surface area contributed by atoms with E-state index in [9.17, 15) is 0 Å². The van der Waals surface area contributed by atoms with Gasteiger partial charge in [0.15, 0.2) is 5.82 Å². The normalized spacial score (nSPS) is 20.9. The summed E-state index contributed by atoms with van der Waals surface area (Å²) in [7, 11) is 4.16. The summed E-state index contributed by atoms with van der Waals surface area (Å²) in [4.78, 5) is 9.72. The number of hydrogen-bond acceptors (Lipinski definition) is 7. The molecular formula is C13H15N5OS. The minimum absolute atomic E-state index is 0.136. The molecule has 1 aliphatic rings. The Morgan fingerprint density at radius 2 is 2.30 bits per heavy atom. The SMILES string of the molecule is CN1CCN(C)C(c2noc(-c3sccc3C#N)n2)C1. The Balaban J connectivity index is 1.89. The van der Waals surface area contributed by atoms with Crippen LogP contribution in [0.5, 0.6) is 0 Å². The molecule has 3 rings (SSSR count). The highest BCUT2D eigenvalue weighted by molar-refractivity contribution is 7.13. The molecule has 0 saturated carbocycles. The molecule has 7 heteroatoms. The highest BCUT2D eigenvalue weighted by Crippen LogP contribution is 2.29. The van der Waals surface area contributed by atoms with Gasteiger partial charge in [-0.05, 0) is 25.5 Å². The Morgan fingerprint density at radius 3 is 3.10 bits per heavy atom. The van der Waals surface area contributed by atoms with E-state index < -0.39 is 0 Å². The van der Waals surface area contributed by atoms with Gasteiger partial charge in [0, 0.05) is 19.6 Å². The average Bonchev–Trinajstić information content (AvgIpc) is 3.08. The van der Waals surface area contributed by atoms with Gasteiger partial charge in [0.25, 0.3) is 5.89 Å². The minimum Gasteiger partial charge on any atom is -0.333 e. The van der Waals surface area contributed by atoms with Crippen molar-refractivity contribution in [3.8, 4) is 16.8 Å². The molecule has 1 fully saturated rings. The zero-order valence-corrected chi connectivity index (χ0v) is 12.2.